The lowest BCUT2D eigenvalue weighted by Crippen LogP contribution is -2.57. The Morgan fingerprint density at radius 1 is 0.800 bits per heavy atom. The van der Waals surface area contributed by atoms with Gasteiger partial charge in [-0.2, -0.15) is 11.8 Å². The van der Waals surface area contributed by atoms with Crippen LogP contribution in [0.3, 0.4) is 0 Å². The highest BCUT2D eigenvalue weighted by atomic mass is 32.2. The number of hydrogen-bond donors (Lipinski definition) is 5. The maximum absolute atomic E-state index is 12.9. The molecule has 30 heavy (non-hydrogen) atoms. The van der Waals surface area contributed by atoms with Crippen molar-refractivity contribution in [3.05, 3.63) is 0 Å². The van der Waals surface area contributed by atoms with Crippen LogP contribution >= 0.6 is 11.8 Å². The molecule has 0 saturated carbocycles. The molecule has 0 aromatic carbocycles. The number of nitrogens with two attached hydrogens (primary N) is 1. The van der Waals surface area contributed by atoms with E-state index in [-0.39, 0.29) is 18.3 Å². The molecule has 0 rings (SSSR count). The molecule has 0 heterocycles. The van der Waals surface area contributed by atoms with E-state index >= 15 is 0 Å². The molecule has 10 heteroatoms. The summed E-state index contributed by atoms with van der Waals surface area (Å²) in [7, 11) is 0. The topological polar surface area (TPSA) is 151 Å². The summed E-state index contributed by atoms with van der Waals surface area (Å²) in [4.78, 5) is 49.1. The van der Waals surface area contributed by atoms with E-state index in [9.17, 15) is 24.3 Å². The van der Waals surface area contributed by atoms with Gasteiger partial charge in [0.1, 0.15) is 18.1 Å². The van der Waals surface area contributed by atoms with Crippen molar-refractivity contribution in [1.82, 2.24) is 16.0 Å². The Bertz CT molecular complexity index is 584. The zero-order chi connectivity index (χ0) is 23.4. The Morgan fingerprint density at radius 3 is 1.53 bits per heavy atom. The van der Waals surface area contributed by atoms with E-state index < -0.39 is 47.9 Å². The van der Waals surface area contributed by atoms with E-state index in [4.69, 9.17) is 5.73 Å². The Hall–Kier alpha value is -1.81. The molecule has 4 unspecified atom stereocenters. The average molecular weight is 447 g/mol. The van der Waals surface area contributed by atoms with Gasteiger partial charge < -0.3 is 26.8 Å². The summed E-state index contributed by atoms with van der Waals surface area (Å²) in [5.41, 5.74) is 5.59. The van der Waals surface area contributed by atoms with Crippen molar-refractivity contribution in [1.29, 1.82) is 0 Å². The van der Waals surface area contributed by atoms with Gasteiger partial charge in [-0.25, -0.2) is 4.79 Å². The SMILES string of the molecule is CSCCC(NC(=O)C(CC(C)C)NC(=O)C(CC(C)C)NC(=O)C(C)N)C(=O)O. The second kappa shape index (κ2) is 14.2. The number of amides is 3. The molecule has 0 aliphatic carbocycles. The van der Waals surface area contributed by atoms with Crippen LogP contribution in [0.5, 0.6) is 0 Å². The number of thioether (sulfide) groups is 1. The van der Waals surface area contributed by atoms with Gasteiger partial charge in [0.15, 0.2) is 0 Å². The molecule has 174 valence electrons. The molecule has 0 aromatic rings. The smallest absolute Gasteiger partial charge is 0.326 e. The summed E-state index contributed by atoms with van der Waals surface area (Å²) in [5, 5.41) is 17.2. The van der Waals surface area contributed by atoms with Crippen molar-refractivity contribution in [3.63, 3.8) is 0 Å². The van der Waals surface area contributed by atoms with Gasteiger partial charge in [0, 0.05) is 0 Å². The zero-order valence-electron chi connectivity index (χ0n) is 18.9. The third-order valence-electron chi connectivity index (χ3n) is 4.32. The number of nitrogens with one attached hydrogen (secondary N) is 3. The summed E-state index contributed by atoms with van der Waals surface area (Å²) in [6, 6.07) is -3.54. The van der Waals surface area contributed by atoms with Crippen LogP contribution in [0, 0.1) is 11.8 Å². The Morgan fingerprint density at radius 2 is 1.20 bits per heavy atom. The summed E-state index contributed by atoms with van der Waals surface area (Å²) in [6.45, 7) is 9.16. The molecule has 4 atom stereocenters. The van der Waals surface area contributed by atoms with Crippen molar-refractivity contribution in [2.75, 3.05) is 12.0 Å². The van der Waals surface area contributed by atoms with Gasteiger partial charge in [-0.3, -0.25) is 14.4 Å². The first-order valence-electron chi connectivity index (χ1n) is 10.3. The second-order valence-electron chi connectivity index (χ2n) is 8.35. The van der Waals surface area contributed by atoms with Crippen LogP contribution in [0.15, 0.2) is 0 Å². The van der Waals surface area contributed by atoms with Crippen molar-refractivity contribution in [3.8, 4) is 0 Å². The van der Waals surface area contributed by atoms with E-state index in [1.54, 1.807) is 0 Å². The highest BCUT2D eigenvalue weighted by Gasteiger charge is 2.30. The molecule has 0 aromatic heterocycles. The van der Waals surface area contributed by atoms with Crippen LogP contribution < -0.4 is 21.7 Å². The lowest BCUT2D eigenvalue weighted by molar-refractivity contribution is -0.142. The average Bonchev–Trinajstić information content (AvgIpc) is 2.62. The first-order valence-corrected chi connectivity index (χ1v) is 11.7. The van der Waals surface area contributed by atoms with E-state index in [1.807, 2.05) is 34.0 Å². The lowest BCUT2D eigenvalue weighted by atomic mass is 9.99. The van der Waals surface area contributed by atoms with Gasteiger partial charge >= 0.3 is 5.97 Å². The number of hydrogen-bond acceptors (Lipinski definition) is 6. The summed E-state index contributed by atoms with van der Waals surface area (Å²) in [6.07, 6.45) is 2.85. The number of carbonyl (C=O) groups excluding carboxylic acids is 3. The molecular formula is C20H38N4O5S. The van der Waals surface area contributed by atoms with Gasteiger partial charge in [0.25, 0.3) is 0 Å². The van der Waals surface area contributed by atoms with Crippen molar-refractivity contribution < 1.29 is 24.3 Å². The normalized spacial score (nSPS) is 15.2. The third-order valence-corrected chi connectivity index (χ3v) is 4.96. The van der Waals surface area contributed by atoms with Crippen molar-refractivity contribution in [2.24, 2.45) is 17.6 Å². The van der Waals surface area contributed by atoms with Gasteiger partial charge in [-0.15, -0.1) is 0 Å². The standard InChI is InChI=1S/C20H38N4O5S/c1-11(2)9-15(23-17(25)13(5)21)19(27)24-16(10-12(3)4)18(26)22-14(20(28)29)7-8-30-6/h11-16H,7-10,21H2,1-6H3,(H,22,26)(H,23,25)(H,24,27)(H,28,29). The Labute approximate surface area is 183 Å². The summed E-state index contributed by atoms with van der Waals surface area (Å²) in [5.74, 6) is -1.83. The van der Waals surface area contributed by atoms with Crippen LogP contribution in [0.25, 0.3) is 0 Å². The number of rotatable bonds is 14. The zero-order valence-corrected chi connectivity index (χ0v) is 19.7. The first kappa shape index (κ1) is 28.2. The molecule has 0 spiro atoms. The highest BCUT2D eigenvalue weighted by molar-refractivity contribution is 7.98. The number of aliphatic carboxylic acids is 1. The Kier molecular flexibility index (Phi) is 13.4. The van der Waals surface area contributed by atoms with Crippen LogP contribution in [0.4, 0.5) is 0 Å². The predicted molar refractivity (Wildman–Crippen MR) is 119 cm³/mol. The third kappa shape index (κ3) is 11.4. The molecule has 0 saturated heterocycles. The monoisotopic (exact) mass is 446 g/mol. The molecule has 0 radical (unpaired) electrons. The number of carboxylic acids is 1. The molecule has 3 amide bonds. The quantitative estimate of drug-likeness (QED) is 0.264. The van der Waals surface area contributed by atoms with Crippen molar-refractivity contribution in [2.45, 2.75) is 78.0 Å². The van der Waals surface area contributed by atoms with Crippen LogP contribution in [0.2, 0.25) is 0 Å². The van der Waals surface area contributed by atoms with Gasteiger partial charge in [-0.05, 0) is 50.0 Å². The maximum atomic E-state index is 12.9. The molecule has 0 fully saturated rings. The van der Waals surface area contributed by atoms with E-state index in [2.05, 4.69) is 16.0 Å². The van der Waals surface area contributed by atoms with Crippen LogP contribution in [-0.2, 0) is 19.2 Å². The predicted octanol–water partition coefficient (Wildman–Crippen LogP) is 0.718. The van der Waals surface area contributed by atoms with Crippen LogP contribution in [0.1, 0.15) is 53.9 Å². The number of carboxylic acid groups (broad SMARTS) is 1. The first-order chi connectivity index (χ1) is 13.9. The summed E-state index contributed by atoms with van der Waals surface area (Å²) < 4.78 is 0. The maximum Gasteiger partial charge on any atom is 0.326 e. The van der Waals surface area contributed by atoms with Crippen LogP contribution in [-0.4, -0.2) is 65.0 Å². The fraction of sp³-hybridized carbons (Fsp3) is 0.800. The second-order valence-corrected chi connectivity index (χ2v) is 9.34. The summed E-state index contributed by atoms with van der Waals surface area (Å²) >= 11 is 1.49. The molecule has 9 nitrogen and oxygen atoms in total. The lowest BCUT2D eigenvalue weighted by Gasteiger charge is -2.26. The molecule has 6 N–H and O–H groups in total. The Balaban J connectivity index is 5.38. The van der Waals surface area contributed by atoms with Gasteiger partial charge in [0.05, 0.1) is 6.04 Å². The molecule has 0 bridgehead atoms. The van der Waals surface area contributed by atoms with E-state index in [0.717, 1.165) is 0 Å². The van der Waals surface area contributed by atoms with Crippen molar-refractivity contribution >= 4 is 35.5 Å². The minimum absolute atomic E-state index is 0.0812. The molecule has 0 aliphatic rings. The molecular weight excluding hydrogens is 408 g/mol. The van der Waals surface area contributed by atoms with Gasteiger partial charge in [0.2, 0.25) is 17.7 Å². The fourth-order valence-corrected chi connectivity index (χ4v) is 3.22. The minimum atomic E-state index is -1.12. The van der Waals surface area contributed by atoms with E-state index in [1.165, 1.54) is 18.7 Å². The molecule has 0 aliphatic heterocycles. The largest absolute Gasteiger partial charge is 0.480 e. The minimum Gasteiger partial charge on any atom is -0.480 e. The fourth-order valence-electron chi connectivity index (χ4n) is 2.75. The number of carbonyl (C=O) groups is 4. The highest BCUT2D eigenvalue weighted by Crippen LogP contribution is 2.10. The van der Waals surface area contributed by atoms with E-state index in [0.29, 0.717) is 18.6 Å². The van der Waals surface area contributed by atoms with Gasteiger partial charge in [-0.1, -0.05) is 27.7 Å².